The smallest absolute Gasteiger partial charge is 0.233 e. The maximum absolute atomic E-state index is 12.9. The molecule has 7 heteroatoms. The zero-order valence-electron chi connectivity index (χ0n) is 19.1. The highest BCUT2D eigenvalue weighted by Gasteiger charge is 2.34. The Kier molecular flexibility index (Phi) is 6.11. The van der Waals surface area contributed by atoms with E-state index in [1.807, 2.05) is 36.1 Å². The van der Waals surface area contributed by atoms with E-state index in [0.717, 1.165) is 60.3 Å². The molecule has 2 aromatic rings. The third kappa shape index (κ3) is 4.24. The molecule has 0 saturated carbocycles. The summed E-state index contributed by atoms with van der Waals surface area (Å²) >= 11 is 0. The molecule has 7 nitrogen and oxygen atoms in total. The number of nitrogens with one attached hydrogen (secondary N) is 1. The first-order chi connectivity index (χ1) is 15.6. The number of hydrogen-bond donors (Lipinski definition) is 1. The topological polar surface area (TPSA) is 70.6 Å². The molecule has 1 atom stereocenters. The minimum absolute atomic E-state index is 0.102. The number of ether oxygens (including phenoxy) is 1. The van der Waals surface area contributed by atoms with E-state index in [1.54, 1.807) is 7.11 Å². The number of carbonyl (C=O) groups excluding carboxylic acids is 1. The molecular weight excluding hydrogens is 402 g/mol. The molecule has 32 heavy (non-hydrogen) atoms. The highest BCUT2D eigenvalue weighted by atomic mass is 16.5. The summed E-state index contributed by atoms with van der Waals surface area (Å²) in [7, 11) is 1.66. The lowest BCUT2D eigenvalue weighted by atomic mass is 9.93. The third-order valence-corrected chi connectivity index (χ3v) is 7.24. The Balaban J connectivity index is 1.37. The second kappa shape index (κ2) is 9.16. The number of aryl methyl sites for hydroxylation is 1. The second-order valence-electron chi connectivity index (χ2n) is 9.29. The van der Waals surface area contributed by atoms with Crippen molar-refractivity contribution >= 4 is 11.7 Å². The first-order valence-corrected chi connectivity index (χ1v) is 11.9. The Morgan fingerprint density at radius 3 is 2.66 bits per heavy atom. The number of aromatic nitrogens is 2. The molecule has 1 aromatic heterocycles. The number of methoxy groups -OCH3 is 1. The molecule has 1 N–H and O–H groups in total. The summed E-state index contributed by atoms with van der Waals surface area (Å²) in [6, 6.07) is 8.56. The van der Waals surface area contributed by atoms with Crippen LogP contribution >= 0.6 is 0 Å². The van der Waals surface area contributed by atoms with Crippen molar-refractivity contribution in [2.75, 3.05) is 38.2 Å². The van der Waals surface area contributed by atoms with Gasteiger partial charge in [0.1, 0.15) is 17.4 Å². The number of benzene rings is 1. The van der Waals surface area contributed by atoms with Crippen LogP contribution in [0.3, 0.4) is 0 Å². The SMILES string of the molecule is COc1ccc(CN2C(=O)Cc3c(C)nc([C@H]4CCCN(C5CCNCC5)C4)nc32)cc1. The summed E-state index contributed by atoms with van der Waals surface area (Å²) in [4.78, 5) is 27.3. The van der Waals surface area contributed by atoms with E-state index in [9.17, 15) is 4.79 Å². The molecule has 0 unspecified atom stereocenters. The van der Waals surface area contributed by atoms with E-state index in [0.29, 0.717) is 24.9 Å². The minimum Gasteiger partial charge on any atom is -0.497 e. The predicted molar refractivity (Wildman–Crippen MR) is 124 cm³/mol. The molecule has 0 aliphatic carbocycles. The summed E-state index contributed by atoms with van der Waals surface area (Å²) in [6.07, 6.45) is 5.14. The normalized spacial score (nSPS) is 22.2. The molecule has 2 fully saturated rings. The summed E-state index contributed by atoms with van der Waals surface area (Å²) in [5.41, 5.74) is 3.01. The van der Waals surface area contributed by atoms with Crippen molar-refractivity contribution < 1.29 is 9.53 Å². The van der Waals surface area contributed by atoms with E-state index in [-0.39, 0.29) is 5.91 Å². The number of rotatable bonds is 5. The van der Waals surface area contributed by atoms with Crippen molar-refractivity contribution in [1.82, 2.24) is 20.2 Å². The van der Waals surface area contributed by atoms with Gasteiger partial charge in [-0.3, -0.25) is 14.6 Å². The Hall–Kier alpha value is -2.51. The van der Waals surface area contributed by atoms with Crippen molar-refractivity contribution in [2.24, 2.45) is 0 Å². The van der Waals surface area contributed by atoms with Gasteiger partial charge in [-0.1, -0.05) is 12.1 Å². The van der Waals surface area contributed by atoms with Crippen LogP contribution in [0.1, 0.15) is 54.2 Å². The number of nitrogens with zero attached hydrogens (tertiary/aromatic N) is 4. The standard InChI is InChI=1S/C25H33N5O2/c1-17-22-14-23(31)30(15-18-5-7-21(32-2)8-6-18)25(22)28-24(27-17)19-4-3-13-29(16-19)20-9-11-26-12-10-20/h5-8,19-20,26H,3-4,9-16H2,1-2H3/t19-/m0/s1. The monoisotopic (exact) mass is 435 g/mol. The fourth-order valence-electron chi connectivity index (χ4n) is 5.38. The number of anilines is 1. The molecule has 0 bridgehead atoms. The molecule has 170 valence electrons. The van der Waals surface area contributed by atoms with Gasteiger partial charge in [-0.05, 0) is 69.9 Å². The molecule has 3 aliphatic heterocycles. The van der Waals surface area contributed by atoms with Gasteiger partial charge in [-0.2, -0.15) is 0 Å². The Bertz CT molecular complexity index is 971. The van der Waals surface area contributed by atoms with Crippen molar-refractivity contribution in [3.8, 4) is 5.75 Å². The van der Waals surface area contributed by atoms with Gasteiger partial charge in [0.15, 0.2) is 0 Å². The first-order valence-electron chi connectivity index (χ1n) is 11.9. The van der Waals surface area contributed by atoms with Crippen molar-refractivity contribution in [3.05, 3.63) is 46.9 Å². The van der Waals surface area contributed by atoms with Crippen LogP contribution in [0.25, 0.3) is 0 Å². The van der Waals surface area contributed by atoms with Crippen LogP contribution < -0.4 is 15.0 Å². The lowest BCUT2D eigenvalue weighted by Gasteiger charge is -2.39. The third-order valence-electron chi connectivity index (χ3n) is 7.24. The number of piperidine rings is 2. The van der Waals surface area contributed by atoms with Gasteiger partial charge < -0.3 is 10.1 Å². The summed E-state index contributed by atoms with van der Waals surface area (Å²) in [5, 5.41) is 3.47. The van der Waals surface area contributed by atoms with Gasteiger partial charge in [0.05, 0.1) is 20.1 Å². The Morgan fingerprint density at radius 2 is 1.91 bits per heavy atom. The van der Waals surface area contributed by atoms with Crippen LogP contribution in [-0.2, 0) is 17.8 Å². The highest BCUT2D eigenvalue weighted by Crippen LogP contribution is 2.34. The molecule has 1 amide bonds. The van der Waals surface area contributed by atoms with Gasteiger partial charge in [-0.25, -0.2) is 9.97 Å². The van der Waals surface area contributed by atoms with Gasteiger partial charge in [-0.15, -0.1) is 0 Å². The van der Waals surface area contributed by atoms with Crippen LogP contribution in [0.5, 0.6) is 5.75 Å². The van der Waals surface area contributed by atoms with Gasteiger partial charge in [0.25, 0.3) is 0 Å². The lowest BCUT2D eigenvalue weighted by molar-refractivity contribution is -0.117. The molecule has 3 aliphatic rings. The van der Waals surface area contributed by atoms with Crippen molar-refractivity contribution in [3.63, 3.8) is 0 Å². The van der Waals surface area contributed by atoms with E-state index >= 15 is 0 Å². The summed E-state index contributed by atoms with van der Waals surface area (Å²) < 4.78 is 5.26. The van der Waals surface area contributed by atoms with Crippen LogP contribution in [0.4, 0.5) is 5.82 Å². The molecule has 4 heterocycles. The summed E-state index contributed by atoms with van der Waals surface area (Å²) in [6.45, 7) is 6.98. The molecular formula is C25H33N5O2. The highest BCUT2D eigenvalue weighted by molar-refractivity contribution is 6.00. The predicted octanol–water partition coefficient (Wildman–Crippen LogP) is 2.81. The second-order valence-corrected chi connectivity index (χ2v) is 9.29. The number of likely N-dealkylation sites (tertiary alicyclic amines) is 1. The minimum atomic E-state index is 0.102. The van der Waals surface area contributed by atoms with Crippen molar-refractivity contribution in [2.45, 2.75) is 57.5 Å². The van der Waals surface area contributed by atoms with Crippen LogP contribution in [0.2, 0.25) is 0 Å². The Morgan fingerprint density at radius 1 is 1.12 bits per heavy atom. The number of amides is 1. The maximum atomic E-state index is 12.9. The van der Waals surface area contributed by atoms with Crippen LogP contribution in [0, 0.1) is 6.92 Å². The van der Waals surface area contributed by atoms with Crippen LogP contribution in [-0.4, -0.2) is 60.1 Å². The van der Waals surface area contributed by atoms with Gasteiger partial charge in [0.2, 0.25) is 5.91 Å². The lowest BCUT2D eigenvalue weighted by Crippen LogP contribution is -2.47. The maximum Gasteiger partial charge on any atom is 0.233 e. The quantitative estimate of drug-likeness (QED) is 0.779. The fourth-order valence-corrected chi connectivity index (χ4v) is 5.38. The fraction of sp³-hybridized carbons (Fsp3) is 0.560. The molecule has 1 aromatic carbocycles. The molecule has 0 spiro atoms. The molecule has 5 rings (SSSR count). The molecule has 0 radical (unpaired) electrons. The van der Waals surface area contributed by atoms with Gasteiger partial charge in [0, 0.05) is 29.8 Å². The molecule has 2 saturated heterocycles. The largest absolute Gasteiger partial charge is 0.497 e. The average molecular weight is 436 g/mol. The van der Waals surface area contributed by atoms with E-state index < -0.39 is 0 Å². The van der Waals surface area contributed by atoms with E-state index in [4.69, 9.17) is 14.7 Å². The number of fused-ring (bicyclic) bond motifs is 1. The van der Waals surface area contributed by atoms with E-state index in [2.05, 4.69) is 10.2 Å². The van der Waals surface area contributed by atoms with Gasteiger partial charge >= 0.3 is 0 Å². The zero-order chi connectivity index (χ0) is 22.1. The van der Waals surface area contributed by atoms with Crippen molar-refractivity contribution in [1.29, 1.82) is 0 Å². The Labute approximate surface area is 190 Å². The first kappa shape index (κ1) is 21.3. The van der Waals surface area contributed by atoms with E-state index in [1.165, 1.54) is 25.8 Å². The zero-order valence-corrected chi connectivity index (χ0v) is 19.1. The average Bonchev–Trinajstić information content (AvgIpc) is 3.16. The summed E-state index contributed by atoms with van der Waals surface area (Å²) in [5.74, 6) is 2.98. The number of hydrogen-bond acceptors (Lipinski definition) is 6. The van der Waals surface area contributed by atoms with Crippen LogP contribution in [0.15, 0.2) is 24.3 Å². The number of carbonyl (C=O) groups is 1.